The predicted molar refractivity (Wildman–Crippen MR) is 122 cm³/mol. The van der Waals surface area contributed by atoms with Crippen LogP contribution in [0.2, 0.25) is 0 Å². The number of hydrogen-bond donors (Lipinski definition) is 0. The van der Waals surface area contributed by atoms with E-state index in [0.29, 0.717) is 30.4 Å². The second-order valence-electron chi connectivity index (χ2n) is 9.10. The van der Waals surface area contributed by atoms with Crippen LogP contribution in [0.1, 0.15) is 45.1 Å². The number of benzene rings is 1. The highest BCUT2D eigenvalue weighted by atomic mass is 16.5. The van der Waals surface area contributed by atoms with Crippen LogP contribution in [0.4, 0.5) is 0 Å². The summed E-state index contributed by atoms with van der Waals surface area (Å²) in [5.74, 6) is 1.77. The lowest BCUT2D eigenvalue weighted by Crippen LogP contribution is -2.46. The van der Waals surface area contributed by atoms with Crippen LogP contribution in [-0.2, 0) is 16.1 Å². The minimum Gasteiger partial charge on any atom is -0.496 e. The molecular weight excluding hydrogens is 392 g/mol. The van der Waals surface area contributed by atoms with Crippen LogP contribution in [0.25, 0.3) is 0 Å². The summed E-state index contributed by atoms with van der Waals surface area (Å²) in [5, 5.41) is 5.55. The first-order valence-corrected chi connectivity index (χ1v) is 11.3. The van der Waals surface area contributed by atoms with Gasteiger partial charge in [0.25, 0.3) is 5.91 Å². The van der Waals surface area contributed by atoms with Crippen LogP contribution in [-0.4, -0.2) is 72.7 Å². The van der Waals surface area contributed by atoms with Gasteiger partial charge in [0.05, 0.1) is 7.11 Å². The maximum Gasteiger partial charge on any atom is 0.270 e. The number of methoxy groups -OCH3 is 1. The fourth-order valence-corrected chi connectivity index (χ4v) is 4.40. The molecule has 31 heavy (non-hydrogen) atoms. The lowest BCUT2D eigenvalue weighted by molar-refractivity contribution is -0.131. The Morgan fingerprint density at radius 3 is 2.58 bits per heavy atom. The smallest absolute Gasteiger partial charge is 0.270 e. The first kappa shape index (κ1) is 23.3. The number of piperidine rings is 1. The third-order valence-electron chi connectivity index (χ3n) is 6.10. The van der Waals surface area contributed by atoms with Crippen molar-refractivity contribution in [1.29, 1.82) is 0 Å². The Balaban J connectivity index is 1.57. The minimum atomic E-state index is -0.0330. The average Bonchev–Trinajstić information content (AvgIpc) is 2.76. The van der Waals surface area contributed by atoms with Crippen LogP contribution in [0, 0.1) is 11.8 Å². The molecular formula is C24H36N4O3. The van der Waals surface area contributed by atoms with E-state index in [0.717, 1.165) is 51.3 Å². The standard InChI is InChI=1S/C24H36N4O3/c1-18(2)15-28(24(30)21-9-10-23(29)26(3)25-21)16-19-11-13-27(14-12-19)17-20-7-5-6-8-22(20)31-4/h5-8,18-19H,9-17H2,1-4H3. The fourth-order valence-electron chi connectivity index (χ4n) is 4.40. The van der Waals surface area contributed by atoms with Crippen LogP contribution < -0.4 is 4.74 Å². The van der Waals surface area contributed by atoms with E-state index < -0.39 is 0 Å². The number of hydrogen-bond acceptors (Lipinski definition) is 5. The van der Waals surface area contributed by atoms with Gasteiger partial charge >= 0.3 is 0 Å². The van der Waals surface area contributed by atoms with E-state index in [1.807, 2.05) is 17.0 Å². The first-order chi connectivity index (χ1) is 14.9. The van der Waals surface area contributed by atoms with Gasteiger partial charge in [-0.3, -0.25) is 14.5 Å². The molecule has 0 N–H and O–H groups in total. The number of carbonyl (C=O) groups excluding carboxylic acids is 2. The summed E-state index contributed by atoms with van der Waals surface area (Å²) in [6.07, 6.45) is 2.94. The van der Waals surface area contributed by atoms with Crippen molar-refractivity contribution < 1.29 is 14.3 Å². The van der Waals surface area contributed by atoms with Crippen molar-refractivity contribution >= 4 is 17.5 Å². The Bertz CT molecular complexity index is 800. The molecule has 1 fully saturated rings. The van der Waals surface area contributed by atoms with Gasteiger partial charge in [-0.1, -0.05) is 32.0 Å². The van der Waals surface area contributed by atoms with Crippen molar-refractivity contribution in [3.8, 4) is 5.75 Å². The Morgan fingerprint density at radius 1 is 1.23 bits per heavy atom. The number of rotatable bonds is 8. The largest absolute Gasteiger partial charge is 0.496 e. The summed E-state index contributed by atoms with van der Waals surface area (Å²) in [6, 6.07) is 8.19. The Hall–Kier alpha value is -2.41. The van der Waals surface area contributed by atoms with E-state index in [2.05, 4.69) is 36.0 Å². The lowest BCUT2D eigenvalue weighted by Gasteiger charge is -2.36. The molecule has 0 radical (unpaired) electrons. The SMILES string of the molecule is COc1ccccc1CN1CCC(CN(CC(C)C)C(=O)C2=NN(C)C(=O)CC2)CC1. The van der Waals surface area contributed by atoms with E-state index in [-0.39, 0.29) is 11.8 Å². The molecule has 0 unspecified atom stereocenters. The maximum absolute atomic E-state index is 13.2. The van der Waals surface area contributed by atoms with Crippen LogP contribution in [0.15, 0.2) is 29.4 Å². The highest BCUT2D eigenvalue weighted by Gasteiger charge is 2.29. The number of nitrogens with zero attached hydrogens (tertiary/aromatic N) is 4. The zero-order valence-corrected chi connectivity index (χ0v) is 19.3. The number of para-hydroxylation sites is 1. The minimum absolute atomic E-state index is 0.00972. The van der Waals surface area contributed by atoms with Crippen molar-refractivity contribution in [1.82, 2.24) is 14.8 Å². The second-order valence-corrected chi connectivity index (χ2v) is 9.10. The summed E-state index contributed by atoms with van der Waals surface area (Å²) >= 11 is 0. The molecule has 0 aromatic heterocycles. The van der Waals surface area contributed by atoms with Crippen molar-refractivity contribution in [3.05, 3.63) is 29.8 Å². The molecule has 2 aliphatic rings. The molecule has 7 nitrogen and oxygen atoms in total. The molecule has 2 heterocycles. The van der Waals surface area contributed by atoms with E-state index >= 15 is 0 Å². The number of hydrazone groups is 1. The third-order valence-corrected chi connectivity index (χ3v) is 6.10. The molecule has 1 aromatic carbocycles. The molecule has 0 spiro atoms. The van der Waals surface area contributed by atoms with Gasteiger partial charge in [0, 0.05) is 45.1 Å². The van der Waals surface area contributed by atoms with Crippen LogP contribution in [0.3, 0.4) is 0 Å². The zero-order valence-electron chi connectivity index (χ0n) is 19.3. The van der Waals surface area contributed by atoms with Crippen molar-refractivity contribution in [3.63, 3.8) is 0 Å². The monoisotopic (exact) mass is 428 g/mol. The van der Waals surface area contributed by atoms with E-state index in [1.54, 1.807) is 14.2 Å². The Morgan fingerprint density at radius 2 is 1.94 bits per heavy atom. The van der Waals surface area contributed by atoms with Crippen LogP contribution >= 0.6 is 0 Å². The first-order valence-electron chi connectivity index (χ1n) is 11.3. The van der Waals surface area contributed by atoms with E-state index in [1.165, 1.54) is 10.6 Å². The average molecular weight is 429 g/mol. The maximum atomic E-state index is 13.2. The van der Waals surface area contributed by atoms with Gasteiger partial charge in [-0.05, 0) is 43.8 Å². The quantitative estimate of drug-likeness (QED) is 0.639. The number of ether oxygens (including phenoxy) is 1. The van der Waals surface area contributed by atoms with Crippen LogP contribution in [0.5, 0.6) is 5.75 Å². The Kier molecular flexibility index (Phi) is 8.07. The molecule has 7 heteroatoms. The van der Waals surface area contributed by atoms with Gasteiger partial charge in [0.2, 0.25) is 5.91 Å². The molecule has 0 saturated carbocycles. The number of carbonyl (C=O) groups is 2. The van der Waals surface area contributed by atoms with Gasteiger partial charge in [-0.2, -0.15) is 5.10 Å². The van der Waals surface area contributed by atoms with Gasteiger partial charge in [0.1, 0.15) is 11.5 Å². The van der Waals surface area contributed by atoms with E-state index in [9.17, 15) is 9.59 Å². The lowest BCUT2D eigenvalue weighted by atomic mass is 9.95. The topological polar surface area (TPSA) is 65.5 Å². The van der Waals surface area contributed by atoms with E-state index in [4.69, 9.17) is 4.74 Å². The number of likely N-dealkylation sites (tertiary alicyclic amines) is 1. The number of amides is 2. The molecule has 2 aliphatic heterocycles. The molecule has 0 aliphatic carbocycles. The fraction of sp³-hybridized carbons (Fsp3) is 0.625. The summed E-state index contributed by atoms with van der Waals surface area (Å²) in [6.45, 7) is 8.67. The van der Waals surface area contributed by atoms with Gasteiger partial charge in [-0.25, -0.2) is 5.01 Å². The van der Waals surface area contributed by atoms with Gasteiger partial charge < -0.3 is 9.64 Å². The molecule has 0 atom stereocenters. The second kappa shape index (κ2) is 10.8. The highest BCUT2D eigenvalue weighted by molar-refractivity contribution is 6.39. The molecule has 2 amide bonds. The summed E-state index contributed by atoms with van der Waals surface area (Å²) in [5.41, 5.74) is 1.73. The van der Waals surface area contributed by atoms with Crippen molar-refractivity contribution in [2.45, 2.75) is 46.1 Å². The molecule has 170 valence electrons. The van der Waals surface area contributed by atoms with Gasteiger partial charge in [0.15, 0.2) is 0 Å². The summed E-state index contributed by atoms with van der Waals surface area (Å²) in [7, 11) is 3.34. The predicted octanol–water partition coefficient (Wildman–Crippen LogP) is 3.00. The Labute approximate surface area is 186 Å². The van der Waals surface area contributed by atoms with Crippen molar-refractivity contribution in [2.75, 3.05) is 40.3 Å². The highest BCUT2D eigenvalue weighted by Crippen LogP contribution is 2.24. The molecule has 1 saturated heterocycles. The third kappa shape index (κ3) is 6.29. The summed E-state index contributed by atoms with van der Waals surface area (Å²) < 4.78 is 5.49. The summed E-state index contributed by atoms with van der Waals surface area (Å²) in [4.78, 5) is 29.3. The molecule has 0 bridgehead atoms. The van der Waals surface area contributed by atoms with Gasteiger partial charge in [-0.15, -0.1) is 0 Å². The normalized spacial score (nSPS) is 18.3. The zero-order chi connectivity index (χ0) is 22.4. The molecule has 3 rings (SSSR count). The molecule has 1 aromatic rings. The van der Waals surface area contributed by atoms with Crippen molar-refractivity contribution in [2.24, 2.45) is 16.9 Å².